The van der Waals surface area contributed by atoms with Crippen molar-refractivity contribution >= 4 is 15.9 Å². The zero-order chi connectivity index (χ0) is 13.5. The van der Waals surface area contributed by atoms with Crippen molar-refractivity contribution in [3.05, 3.63) is 32.7 Å². The number of rotatable bonds is 7. The predicted octanol–water partition coefficient (Wildman–Crippen LogP) is 2.95. The summed E-state index contributed by atoms with van der Waals surface area (Å²) in [5.74, 6) is 0.695. The van der Waals surface area contributed by atoms with Crippen molar-refractivity contribution in [2.45, 2.75) is 40.2 Å². The van der Waals surface area contributed by atoms with Crippen LogP contribution in [-0.4, -0.2) is 17.7 Å². The van der Waals surface area contributed by atoms with Crippen molar-refractivity contribution in [3.8, 4) is 0 Å². The second-order valence-corrected chi connectivity index (χ2v) is 6.06. The lowest BCUT2D eigenvalue weighted by Gasteiger charge is -2.09. The Kier molecular flexibility index (Phi) is 6.65. The van der Waals surface area contributed by atoms with Crippen LogP contribution in [-0.2, 0) is 6.54 Å². The highest BCUT2D eigenvalue weighted by Gasteiger charge is 2.01. The Hall–Kier alpha value is -0.610. The van der Waals surface area contributed by atoms with Crippen molar-refractivity contribution < 1.29 is 0 Å². The van der Waals surface area contributed by atoms with Gasteiger partial charge >= 0.3 is 0 Å². The molecule has 3 nitrogen and oxygen atoms in total. The van der Waals surface area contributed by atoms with Crippen molar-refractivity contribution in [3.63, 3.8) is 0 Å². The van der Waals surface area contributed by atoms with E-state index in [1.54, 1.807) is 4.57 Å². The average Bonchev–Trinajstić information content (AvgIpc) is 2.29. The molecule has 1 N–H and O–H groups in total. The van der Waals surface area contributed by atoms with E-state index in [1.807, 2.05) is 19.2 Å². The van der Waals surface area contributed by atoms with Crippen LogP contribution in [0.2, 0.25) is 0 Å². The number of aromatic nitrogens is 1. The van der Waals surface area contributed by atoms with E-state index in [2.05, 4.69) is 35.1 Å². The van der Waals surface area contributed by atoms with Crippen LogP contribution in [0.25, 0.3) is 0 Å². The summed E-state index contributed by atoms with van der Waals surface area (Å²) in [7, 11) is 0. The SMILES string of the molecule is Cc1cc(Br)cn(CCCCNCC(C)C)c1=O. The summed E-state index contributed by atoms with van der Waals surface area (Å²) in [5, 5.41) is 3.41. The average molecular weight is 315 g/mol. The molecule has 0 saturated carbocycles. The maximum atomic E-state index is 11.9. The minimum atomic E-state index is 0.119. The quantitative estimate of drug-likeness (QED) is 0.785. The topological polar surface area (TPSA) is 34.0 Å². The Morgan fingerprint density at radius 2 is 2.11 bits per heavy atom. The van der Waals surface area contributed by atoms with Crippen LogP contribution in [0, 0.1) is 12.8 Å². The summed E-state index contributed by atoms with van der Waals surface area (Å²) in [4.78, 5) is 11.9. The van der Waals surface area contributed by atoms with Crippen molar-refractivity contribution in [1.29, 1.82) is 0 Å². The van der Waals surface area contributed by atoms with Gasteiger partial charge in [0.05, 0.1) is 0 Å². The smallest absolute Gasteiger partial charge is 0.253 e. The summed E-state index contributed by atoms with van der Waals surface area (Å²) in [6.07, 6.45) is 4.00. The standard InChI is InChI=1S/C14H23BrN2O/c1-11(2)9-16-6-4-5-7-17-10-13(15)8-12(3)14(17)18/h8,10-11,16H,4-7,9H2,1-3H3. The summed E-state index contributed by atoms with van der Waals surface area (Å²) in [5.41, 5.74) is 0.913. The van der Waals surface area contributed by atoms with E-state index in [0.29, 0.717) is 5.92 Å². The normalized spacial score (nSPS) is 11.2. The number of unbranched alkanes of at least 4 members (excludes halogenated alkanes) is 1. The Balaban J connectivity index is 2.34. The molecule has 0 fully saturated rings. The Labute approximate surface area is 118 Å². The van der Waals surface area contributed by atoms with Crippen LogP contribution in [0.5, 0.6) is 0 Å². The van der Waals surface area contributed by atoms with Gasteiger partial charge < -0.3 is 9.88 Å². The van der Waals surface area contributed by atoms with Crippen molar-refractivity contribution in [1.82, 2.24) is 9.88 Å². The van der Waals surface area contributed by atoms with E-state index < -0.39 is 0 Å². The molecule has 0 aliphatic heterocycles. The molecule has 0 bridgehead atoms. The van der Waals surface area contributed by atoms with Crippen molar-refractivity contribution in [2.75, 3.05) is 13.1 Å². The van der Waals surface area contributed by atoms with Gasteiger partial charge in [-0.1, -0.05) is 13.8 Å². The molecule has 0 aliphatic rings. The molecule has 0 saturated heterocycles. The van der Waals surface area contributed by atoms with Crippen LogP contribution >= 0.6 is 15.9 Å². The third kappa shape index (κ3) is 5.36. The monoisotopic (exact) mass is 314 g/mol. The Bertz CT molecular complexity index is 426. The van der Waals surface area contributed by atoms with Crippen LogP contribution < -0.4 is 10.9 Å². The van der Waals surface area contributed by atoms with Crippen LogP contribution in [0.4, 0.5) is 0 Å². The lowest BCUT2D eigenvalue weighted by Crippen LogP contribution is -2.23. The lowest BCUT2D eigenvalue weighted by atomic mass is 10.2. The first-order chi connectivity index (χ1) is 8.50. The van der Waals surface area contributed by atoms with E-state index in [9.17, 15) is 4.79 Å². The summed E-state index contributed by atoms with van der Waals surface area (Å²) < 4.78 is 2.76. The minimum absolute atomic E-state index is 0.119. The van der Waals surface area contributed by atoms with Gasteiger partial charge in [-0.2, -0.15) is 0 Å². The third-order valence-electron chi connectivity index (χ3n) is 2.79. The molecule has 0 radical (unpaired) electrons. The highest BCUT2D eigenvalue weighted by molar-refractivity contribution is 9.10. The molecule has 0 aromatic carbocycles. The van der Waals surface area contributed by atoms with Gasteiger partial charge in [-0.3, -0.25) is 4.79 Å². The number of hydrogen-bond acceptors (Lipinski definition) is 2. The second-order valence-electron chi connectivity index (χ2n) is 5.14. The molecular formula is C14H23BrN2O. The summed E-state index contributed by atoms with van der Waals surface area (Å²) >= 11 is 3.42. The molecule has 4 heteroatoms. The molecule has 0 amide bonds. The van der Waals surface area contributed by atoms with Gasteiger partial charge in [0.1, 0.15) is 0 Å². The molecule has 102 valence electrons. The third-order valence-corrected chi connectivity index (χ3v) is 3.22. The number of hydrogen-bond donors (Lipinski definition) is 1. The first-order valence-electron chi connectivity index (χ1n) is 6.58. The maximum absolute atomic E-state index is 11.9. The maximum Gasteiger partial charge on any atom is 0.253 e. The first-order valence-corrected chi connectivity index (χ1v) is 7.37. The van der Waals surface area contributed by atoms with Gasteiger partial charge in [0.25, 0.3) is 5.56 Å². The fraction of sp³-hybridized carbons (Fsp3) is 0.643. The van der Waals surface area contributed by atoms with Gasteiger partial charge in [0.15, 0.2) is 0 Å². The van der Waals surface area contributed by atoms with E-state index >= 15 is 0 Å². The lowest BCUT2D eigenvalue weighted by molar-refractivity contribution is 0.515. The first kappa shape index (κ1) is 15.4. The van der Waals surface area contributed by atoms with Gasteiger partial charge in [-0.05, 0) is 60.8 Å². The van der Waals surface area contributed by atoms with E-state index in [4.69, 9.17) is 0 Å². The number of aryl methyl sites for hydroxylation is 2. The van der Waals surface area contributed by atoms with Gasteiger partial charge in [0.2, 0.25) is 0 Å². The molecule has 1 aromatic heterocycles. The fourth-order valence-corrected chi connectivity index (χ4v) is 2.42. The Morgan fingerprint density at radius 1 is 1.39 bits per heavy atom. The predicted molar refractivity (Wildman–Crippen MR) is 80.1 cm³/mol. The molecule has 1 rings (SSSR count). The number of nitrogens with zero attached hydrogens (tertiary/aromatic N) is 1. The fourth-order valence-electron chi connectivity index (χ4n) is 1.83. The molecule has 0 atom stereocenters. The summed E-state index contributed by atoms with van der Waals surface area (Å²) in [6.45, 7) is 9.15. The van der Waals surface area contributed by atoms with Crippen LogP contribution in [0.1, 0.15) is 32.3 Å². The molecule has 1 heterocycles. The summed E-state index contributed by atoms with van der Waals surface area (Å²) in [6, 6.07) is 1.86. The molecule has 0 spiro atoms. The second kappa shape index (κ2) is 7.74. The molecule has 0 unspecified atom stereocenters. The molecule has 1 aromatic rings. The largest absolute Gasteiger partial charge is 0.316 e. The van der Waals surface area contributed by atoms with E-state index in [1.165, 1.54) is 0 Å². The van der Waals surface area contributed by atoms with E-state index in [-0.39, 0.29) is 5.56 Å². The highest BCUT2D eigenvalue weighted by Crippen LogP contribution is 2.08. The number of halogens is 1. The number of nitrogens with one attached hydrogen (secondary N) is 1. The van der Waals surface area contributed by atoms with Crippen LogP contribution in [0.15, 0.2) is 21.5 Å². The molecule has 18 heavy (non-hydrogen) atoms. The van der Waals surface area contributed by atoms with Crippen LogP contribution in [0.3, 0.4) is 0 Å². The number of pyridine rings is 1. The zero-order valence-corrected chi connectivity index (χ0v) is 13.1. The van der Waals surface area contributed by atoms with Gasteiger partial charge in [-0.25, -0.2) is 0 Å². The van der Waals surface area contributed by atoms with E-state index in [0.717, 1.165) is 42.5 Å². The van der Waals surface area contributed by atoms with Gasteiger partial charge in [0, 0.05) is 22.8 Å². The highest BCUT2D eigenvalue weighted by atomic mass is 79.9. The minimum Gasteiger partial charge on any atom is -0.316 e. The molecular weight excluding hydrogens is 292 g/mol. The Morgan fingerprint density at radius 3 is 2.78 bits per heavy atom. The van der Waals surface area contributed by atoms with Gasteiger partial charge in [-0.15, -0.1) is 0 Å². The van der Waals surface area contributed by atoms with Crippen molar-refractivity contribution in [2.24, 2.45) is 5.92 Å². The zero-order valence-electron chi connectivity index (χ0n) is 11.5. The molecule has 0 aliphatic carbocycles.